The van der Waals surface area contributed by atoms with Gasteiger partial charge in [0.25, 0.3) is 0 Å². The molecule has 0 saturated heterocycles. The number of rotatable bonds is 3. The molecule has 17 heavy (non-hydrogen) atoms. The Bertz CT molecular complexity index is 547. The summed E-state index contributed by atoms with van der Waals surface area (Å²) in [6.07, 6.45) is -0.0232. The lowest BCUT2D eigenvalue weighted by Crippen LogP contribution is -2.04. The van der Waals surface area contributed by atoms with E-state index in [0.29, 0.717) is 4.88 Å². The number of thiophene rings is 1. The first-order valence-corrected chi connectivity index (χ1v) is 6.83. The summed E-state index contributed by atoms with van der Waals surface area (Å²) in [7, 11) is 0. The van der Waals surface area contributed by atoms with Crippen molar-refractivity contribution in [2.45, 2.75) is 6.42 Å². The van der Waals surface area contributed by atoms with E-state index in [1.54, 1.807) is 17.5 Å². The quantitative estimate of drug-likeness (QED) is 0.742. The van der Waals surface area contributed by atoms with Crippen molar-refractivity contribution in [2.75, 3.05) is 0 Å². The van der Waals surface area contributed by atoms with Crippen molar-refractivity contribution in [3.63, 3.8) is 0 Å². The monoisotopic (exact) mass is 332 g/mol. The third-order valence-electron chi connectivity index (χ3n) is 2.27. The lowest BCUT2D eigenvalue weighted by atomic mass is 10.1. The van der Waals surface area contributed by atoms with Gasteiger partial charge in [-0.25, -0.2) is 4.39 Å². The first-order chi connectivity index (χ1) is 8.09. The van der Waals surface area contributed by atoms with Gasteiger partial charge in [0.1, 0.15) is 5.82 Å². The van der Waals surface area contributed by atoms with Gasteiger partial charge in [-0.1, -0.05) is 17.7 Å². The zero-order chi connectivity index (χ0) is 12.4. The highest BCUT2D eigenvalue weighted by Gasteiger charge is 2.16. The predicted octanol–water partition coefficient (Wildman–Crippen LogP) is 4.73. The van der Waals surface area contributed by atoms with Gasteiger partial charge in [-0.15, -0.1) is 11.3 Å². The molecule has 0 fully saturated rings. The highest BCUT2D eigenvalue weighted by atomic mass is 79.9. The summed E-state index contributed by atoms with van der Waals surface area (Å²) < 4.78 is 14.2. The van der Waals surface area contributed by atoms with Crippen molar-refractivity contribution < 1.29 is 9.18 Å². The normalized spacial score (nSPS) is 10.5. The van der Waals surface area contributed by atoms with E-state index in [-0.39, 0.29) is 22.8 Å². The van der Waals surface area contributed by atoms with Gasteiger partial charge in [0.05, 0.1) is 4.88 Å². The fourth-order valence-corrected chi connectivity index (χ4v) is 3.20. The molecule has 1 aromatic heterocycles. The molecule has 0 aliphatic heterocycles. The van der Waals surface area contributed by atoms with Crippen molar-refractivity contribution in [2.24, 2.45) is 0 Å². The number of hydrogen-bond acceptors (Lipinski definition) is 2. The molecule has 0 atom stereocenters. The fourth-order valence-electron chi connectivity index (χ4n) is 1.43. The maximum atomic E-state index is 13.5. The Morgan fingerprint density at radius 3 is 2.76 bits per heavy atom. The molecular formula is C12H7BrClFOS. The number of halogens is 3. The number of benzene rings is 1. The van der Waals surface area contributed by atoms with Crippen LogP contribution >= 0.6 is 38.9 Å². The number of carbonyl (C=O) groups is 1. The number of Topliss-reactive ketones (excluding diaryl/α,β-unsaturated/α-hetero) is 1. The Balaban J connectivity index is 2.28. The number of carbonyl (C=O) groups excluding carboxylic acids is 1. The van der Waals surface area contributed by atoms with E-state index in [9.17, 15) is 9.18 Å². The Labute approximate surface area is 115 Å². The van der Waals surface area contributed by atoms with Crippen LogP contribution in [0, 0.1) is 5.82 Å². The Hall–Kier alpha value is -0.710. The van der Waals surface area contributed by atoms with Crippen LogP contribution in [0.3, 0.4) is 0 Å². The largest absolute Gasteiger partial charge is 0.293 e. The van der Waals surface area contributed by atoms with Crippen LogP contribution in [0.4, 0.5) is 4.39 Å². The third-order valence-corrected chi connectivity index (χ3v) is 4.50. The lowest BCUT2D eigenvalue weighted by molar-refractivity contribution is 0.0995. The van der Waals surface area contributed by atoms with E-state index in [4.69, 9.17) is 11.6 Å². The summed E-state index contributed by atoms with van der Waals surface area (Å²) >= 11 is 10.5. The van der Waals surface area contributed by atoms with Crippen LogP contribution in [-0.2, 0) is 6.42 Å². The third kappa shape index (κ3) is 2.76. The van der Waals surface area contributed by atoms with Gasteiger partial charge in [0.15, 0.2) is 5.78 Å². The van der Waals surface area contributed by atoms with Crippen molar-refractivity contribution in [3.8, 4) is 0 Å². The average Bonchev–Trinajstić information content (AvgIpc) is 2.70. The summed E-state index contributed by atoms with van der Waals surface area (Å²) in [6.45, 7) is 0. The molecule has 0 bridgehead atoms. The van der Waals surface area contributed by atoms with Crippen LogP contribution in [0.25, 0.3) is 0 Å². The summed E-state index contributed by atoms with van der Waals surface area (Å²) in [5, 5.41) is 2.09. The summed E-state index contributed by atoms with van der Waals surface area (Å²) in [5.41, 5.74) is 0.250. The molecule has 0 amide bonds. The fraction of sp³-hybridized carbons (Fsp3) is 0.0833. The van der Waals surface area contributed by atoms with Gasteiger partial charge in [-0.3, -0.25) is 4.79 Å². The standard InChI is InChI=1S/C12H7BrClFOS/c13-8-4-5-17-12(8)11(16)6-7-9(14)2-1-3-10(7)15/h1-5H,6H2. The zero-order valence-corrected chi connectivity index (χ0v) is 11.7. The molecule has 2 aromatic rings. The van der Waals surface area contributed by atoms with Crippen molar-refractivity contribution in [1.82, 2.24) is 0 Å². The Kier molecular flexibility index (Phi) is 3.97. The van der Waals surface area contributed by atoms with Crippen molar-refractivity contribution >= 4 is 44.7 Å². The molecule has 0 radical (unpaired) electrons. The van der Waals surface area contributed by atoms with Gasteiger partial charge in [0, 0.05) is 21.5 Å². The smallest absolute Gasteiger partial charge is 0.178 e. The van der Waals surface area contributed by atoms with Crippen LogP contribution in [0.1, 0.15) is 15.2 Å². The molecule has 0 spiro atoms. The second-order valence-corrected chi connectivity index (χ2v) is 5.58. The SMILES string of the molecule is O=C(Cc1c(F)cccc1Cl)c1sccc1Br. The first-order valence-electron chi connectivity index (χ1n) is 4.78. The minimum atomic E-state index is -0.446. The molecule has 5 heteroatoms. The molecule has 0 unspecified atom stereocenters. The van der Waals surface area contributed by atoms with E-state index in [1.807, 2.05) is 0 Å². The second kappa shape index (κ2) is 5.29. The minimum absolute atomic E-state index is 0.0232. The van der Waals surface area contributed by atoms with Gasteiger partial charge < -0.3 is 0 Å². The van der Waals surface area contributed by atoms with Gasteiger partial charge in [-0.2, -0.15) is 0 Å². The molecule has 1 nitrogen and oxygen atoms in total. The van der Waals surface area contributed by atoms with Gasteiger partial charge in [-0.05, 0) is 39.5 Å². The highest BCUT2D eigenvalue weighted by Crippen LogP contribution is 2.26. The molecule has 0 N–H and O–H groups in total. The second-order valence-electron chi connectivity index (χ2n) is 3.40. The maximum Gasteiger partial charge on any atom is 0.178 e. The average molecular weight is 334 g/mol. The summed E-state index contributed by atoms with van der Waals surface area (Å²) in [5.74, 6) is -0.586. The molecule has 1 heterocycles. The molecule has 0 saturated carbocycles. The molecular weight excluding hydrogens is 327 g/mol. The highest BCUT2D eigenvalue weighted by molar-refractivity contribution is 9.10. The first kappa shape index (κ1) is 12.7. The molecule has 0 aliphatic carbocycles. The van der Waals surface area contributed by atoms with Crippen LogP contribution in [0.2, 0.25) is 5.02 Å². The zero-order valence-electron chi connectivity index (χ0n) is 8.54. The van der Waals surface area contributed by atoms with E-state index in [1.165, 1.54) is 23.5 Å². The predicted molar refractivity (Wildman–Crippen MR) is 71.5 cm³/mol. The van der Waals surface area contributed by atoms with E-state index < -0.39 is 5.82 Å². The molecule has 88 valence electrons. The number of hydrogen-bond donors (Lipinski definition) is 0. The lowest BCUT2D eigenvalue weighted by Gasteiger charge is -2.04. The topological polar surface area (TPSA) is 17.1 Å². The van der Waals surface area contributed by atoms with E-state index >= 15 is 0 Å². The van der Waals surface area contributed by atoms with Crippen LogP contribution in [0.15, 0.2) is 34.1 Å². The summed E-state index contributed by atoms with van der Waals surface area (Å²) in [4.78, 5) is 12.5. The minimum Gasteiger partial charge on any atom is -0.293 e. The molecule has 1 aromatic carbocycles. The Morgan fingerprint density at radius 1 is 1.41 bits per heavy atom. The molecule has 2 rings (SSSR count). The van der Waals surface area contributed by atoms with Crippen LogP contribution in [0.5, 0.6) is 0 Å². The summed E-state index contributed by atoms with van der Waals surface area (Å²) in [6, 6.07) is 6.20. The van der Waals surface area contributed by atoms with Gasteiger partial charge >= 0.3 is 0 Å². The Morgan fingerprint density at radius 2 is 2.18 bits per heavy atom. The van der Waals surface area contributed by atoms with Crippen molar-refractivity contribution in [3.05, 3.63) is 55.4 Å². The van der Waals surface area contributed by atoms with Crippen LogP contribution in [-0.4, -0.2) is 5.78 Å². The maximum absolute atomic E-state index is 13.5. The van der Waals surface area contributed by atoms with Crippen LogP contribution < -0.4 is 0 Å². The van der Waals surface area contributed by atoms with E-state index in [0.717, 1.165) is 4.47 Å². The van der Waals surface area contributed by atoms with E-state index in [2.05, 4.69) is 15.9 Å². The number of ketones is 1. The van der Waals surface area contributed by atoms with Gasteiger partial charge in [0.2, 0.25) is 0 Å². The molecule has 0 aliphatic rings. The van der Waals surface area contributed by atoms with Crippen molar-refractivity contribution in [1.29, 1.82) is 0 Å².